The Bertz CT molecular complexity index is 472. The van der Waals surface area contributed by atoms with Gasteiger partial charge in [-0.1, -0.05) is 0 Å². The molecule has 2 fully saturated rings. The molecule has 2 aliphatic heterocycles. The fraction of sp³-hybridized carbons (Fsp3) is 0.800. The third-order valence-electron chi connectivity index (χ3n) is 5.07. The number of rotatable bonds is 3. The van der Waals surface area contributed by atoms with Gasteiger partial charge in [-0.25, -0.2) is 4.98 Å². The molecular weight excluding hydrogens is 268 g/mol. The van der Waals surface area contributed by atoms with E-state index in [0.29, 0.717) is 6.04 Å². The van der Waals surface area contributed by atoms with Crippen LogP contribution in [0.5, 0.6) is 0 Å². The number of nitrogens with zero attached hydrogens (tertiary/aromatic N) is 3. The highest BCUT2D eigenvalue weighted by Crippen LogP contribution is 2.35. The minimum atomic E-state index is 0.396. The number of hydrogen-bond acceptors (Lipinski definition) is 5. The molecule has 4 nitrogen and oxygen atoms in total. The number of aromatic nitrogens is 1. The summed E-state index contributed by atoms with van der Waals surface area (Å²) in [7, 11) is 4.32. The van der Waals surface area contributed by atoms with Crippen LogP contribution in [-0.2, 0) is 0 Å². The highest BCUT2D eigenvalue weighted by atomic mass is 32.1. The van der Waals surface area contributed by atoms with E-state index in [-0.39, 0.29) is 0 Å². The molecule has 1 aromatic heterocycles. The molecule has 0 aliphatic carbocycles. The Kier molecular flexibility index (Phi) is 4.02. The Labute approximate surface area is 126 Å². The molecule has 2 bridgehead atoms. The Morgan fingerprint density at radius 2 is 2.05 bits per heavy atom. The molecule has 0 radical (unpaired) electrons. The van der Waals surface area contributed by atoms with Crippen LogP contribution in [0.3, 0.4) is 0 Å². The molecule has 3 heterocycles. The van der Waals surface area contributed by atoms with Gasteiger partial charge in [0.15, 0.2) is 5.13 Å². The number of fused-ring (bicyclic) bond motifs is 2. The molecule has 0 aromatic carbocycles. The lowest BCUT2D eigenvalue weighted by molar-refractivity contribution is 0.254. The van der Waals surface area contributed by atoms with Crippen LogP contribution in [-0.4, -0.2) is 49.2 Å². The summed E-state index contributed by atoms with van der Waals surface area (Å²) in [6.07, 6.45) is 4.01. The van der Waals surface area contributed by atoms with Crippen molar-refractivity contribution in [2.45, 2.75) is 51.2 Å². The Hall–Kier alpha value is -0.650. The Morgan fingerprint density at radius 3 is 2.80 bits per heavy atom. The van der Waals surface area contributed by atoms with E-state index < -0.39 is 0 Å². The topological polar surface area (TPSA) is 31.4 Å². The van der Waals surface area contributed by atoms with Gasteiger partial charge in [-0.15, -0.1) is 11.3 Å². The maximum Gasteiger partial charge on any atom is 0.185 e. The summed E-state index contributed by atoms with van der Waals surface area (Å²) in [5.41, 5.74) is 1.19. The molecule has 3 unspecified atom stereocenters. The fourth-order valence-electron chi connectivity index (χ4n) is 3.54. The predicted octanol–water partition coefficient (Wildman–Crippen LogP) is 2.40. The zero-order valence-electron chi connectivity index (χ0n) is 13.0. The Morgan fingerprint density at radius 1 is 1.30 bits per heavy atom. The normalized spacial score (nSPS) is 28.7. The van der Waals surface area contributed by atoms with Gasteiger partial charge in [0.2, 0.25) is 0 Å². The van der Waals surface area contributed by atoms with Crippen LogP contribution >= 0.6 is 11.3 Å². The van der Waals surface area contributed by atoms with Crippen molar-refractivity contribution in [2.75, 3.05) is 32.1 Å². The number of nitrogens with one attached hydrogen (secondary N) is 1. The Balaban J connectivity index is 1.79. The average Bonchev–Trinajstić information content (AvgIpc) is 2.90. The number of hydrogen-bond donors (Lipinski definition) is 1. The molecule has 0 amide bonds. The lowest BCUT2D eigenvalue weighted by Crippen LogP contribution is -2.36. The summed E-state index contributed by atoms with van der Waals surface area (Å²) in [4.78, 5) is 11.3. The maximum absolute atomic E-state index is 4.84. The molecule has 3 rings (SSSR count). The van der Waals surface area contributed by atoms with E-state index in [1.165, 1.54) is 35.0 Å². The molecular formula is C15H26N4S. The highest BCUT2D eigenvalue weighted by molar-refractivity contribution is 7.15. The third kappa shape index (κ3) is 2.47. The van der Waals surface area contributed by atoms with E-state index in [0.717, 1.165) is 25.2 Å². The van der Waals surface area contributed by atoms with Crippen LogP contribution in [0.2, 0.25) is 0 Å². The van der Waals surface area contributed by atoms with Crippen molar-refractivity contribution in [3.63, 3.8) is 0 Å². The van der Waals surface area contributed by atoms with Crippen LogP contribution in [0.15, 0.2) is 0 Å². The van der Waals surface area contributed by atoms with Crippen molar-refractivity contribution in [1.29, 1.82) is 0 Å². The number of likely N-dealkylation sites (N-methyl/N-ethyl adjacent to an activating group) is 1. The van der Waals surface area contributed by atoms with Crippen molar-refractivity contribution in [3.8, 4) is 0 Å². The van der Waals surface area contributed by atoms with E-state index in [9.17, 15) is 0 Å². The summed E-state index contributed by atoms with van der Waals surface area (Å²) in [6, 6.07) is 1.91. The first kappa shape index (κ1) is 14.3. The molecule has 3 atom stereocenters. The van der Waals surface area contributed by atoms with Gasteiger partial charge in [-0.05, 0) is 47.2 Å². The highest BCUT2D eigenvalue weighted by Gasteiger charge is 2.35. The molecule has 20 heavy (non-hydrogen) atoms. The summed E-state index contributed by atoms with van der Waals surface area (Å²) in [5, 5.41) is 4.55. The average molecular weight is 294 g/mol. The molecule has 2 aliphatic rings. The minimum absolute atomic E-state index is 0.396. The number of thiazole rings is 1. The lowest BCUT2D eigenvalue weighted by atomic mass is 10.1. The first-order chi connectivity index (χ1) is 9.60. The number of aryl methyl sites for hydroxylation is 1. The standard InChI is InChI=1S/C15H26N4S/c1-10(16-3)14-11(2)17-15(20-14)19-8-7-12-5-6-13(9-19)18(12)4/h10,12-13,16H,5-9H2,1-4H3. The zero-order chi connectivity index (χ0) is 14.3. The van der Waals surface area contributed by atoms with Gasteiger partial charge in [0.25, 0.3) is 0 Å². The van der Waals surface area contributed by atoms with E-state index in [2.05, 4.69) is 36.0 Å². The molecule has 1 N–H and O–H groups in total. The molecule has 5 heteroatoms. The van der Waals surface area contributed by atoms with E-state index >= 15 is 0 Å². The van der Waals surface area contributed by atoms with Crippen LogP contribution in [0.25, 0.3) is 0 Å². The van der Waals surface area contributed by atoms with Crippen molar-refractivity contribution < 1.29 is 0 Å². The summed E-state index contributed by atoms with van der Waals surface area (Å²) in [5.74, 6) is 0. The SMILES string of the molecule is CNC(C)c1sc(N2CCC3CCC(C2)N3C)nc1C. The first-order valence-corrected chi connectivity index (χ1v) is 8.53. The van der Waals surface area contributed by atoms with Crippen LogP contribution in [0.4, 0.5) is 5.13 Å². The van der Waals surface area contributed by atoms with Gasteiger partial charge >= 0.3 is 0 Å². The smallest absolute Gasteiger partial charge is 0.185 e. The number of anilines is 1. The molecule has 112 valence electrons. The van der Waals surface area contributed by atoms with Crippen LogP contribution < -0.4 is 10.2 Å². The van der Waals surface area contributed by atoms with Crippen LogP contribution in [0, 0.1) is 6.92 Å². The summed E-state index contributed by atoms with van der Waals surface area (Å²) in [6.45, 7) is 6.65. The maximum atomic E-state index is 4.84. The van der Waals surface area contributed by atoms with Crippen molar-refractivity contribution in [1.82, 2.24) is 15.2 Å². The lowest BCUT2D eigenvalue weighted by Gasteiger charge is -2.25. The second-order valence-corrected chi connectivity index (χ2v) is 7.25. The van der Waals surface area contributed by atoms with Gasteiger partial charge in [0, 0.05) is 36.1 Å². The van der Waals surface area contributed by atoms with Gasteiger partial charge in [-0.3, -0.25) is 4.90 Å². The molecule has 0 spiro atoms. The monoisotopic (exact) mass is 294 g/mol. The van der Waals surface area contributed by atoms with E-state index in [4.69, 9.17) is 4.98 Å². The minimum Gasteiger partial charge on any atom is -0.346 e. The van der Waals surface area contributed by atoms with Gasteiger partial charge in [0.05, 0.1) is 5.69 Å². The van der Waals surface area contributed by atoms with E-state index in [1.54, 1.807) is 0 Å². The predicted molar refractivity (Wildman–Crippen MR) is 85.7 cm³/mol. The van der Waals surface area contributed by atoms with Gasteiger partial charge < -0.3 is 10.2 Å². The first-order valence-electron chi connectivity index (χ1n) is 7.71. The summed E-state index contributed by atoms with van der Waals surface area (Å²) < 4.78 is 0. The fourth-order valence-corrected chi connectivity index (χ4v) is 4.71. The summed E-state index contributed by atoms with van der Waals surface area (Å²) >= 11 is 1.87. The van der Waals surface area contributed by atoms with E-state index in [1.807, 2.05) is 18.4 Å². The van der Waals surface area contributed by atoms with Gasteiger partial charge in [0.1, 0.15) is 0 Å². The second-order valence-electron chi connectivity index (χ2n) is 6.24. The van der Waals surface area contributed by atoms with Crippen molar-refractivity contribution in [2.24, 2.45) is 0 Å². The zero-order valence-corrected chi connectivity index (χ0v) is 13.8. The largest absolute Gasteiger partial charge is 0.346 e. The quantitative estimate of drug-likeness (QED) is 0.927. The van der Waals surface area contributed by atoms with Crippen LogP contribution in [0.1, 0.15) is 42.8 Å². The van der Waals surface area contributed by atoms with Crippen molar-refractivity contribution in [3.05, 3.63) is 10.6 Å². The third-order valence-corrected chi connectivity index (χ3v) is 6.47. The molecule has 2 saturated heterocycles. The molecule has 1 aromatic rings. The second kappa shape index (κ2) is 5.62. The van der Waals surface area contributed by atoms with Crippen molar-refractivity contribution >= 4 is 16.5 Å². The molecule has 0 saturated carbocycles. The van der Waals surface area contributed by atoms with Gasteiger partial charge in [-0.2, -0.15) is 0 Å².